The number of methoxy groups -OCH3 is 1. The van der Waals surface area contributed by atoms with Crippen LogP contribution >= 0.6 is 0 Å². The molecule has 6 heteroatoms. The van der Waals surface area contributed by atoms with Crippen molar-refractivity contribution in [2.75, 3.05) is 7.11 Å². The van der Waals surface area contributed by atoms with Crippen molar-refractivity contribution in [2.45, 2.75) is 57.4 Å². The second-order valence-electron chi connectivity index (χ2n) is 8.32. The van der Waals surface area contributed by atoms with E-state index in [4.69, 9.17) is 0 Å². The lowest BCUT2D eigenvalue weighted by atomic mass is 10.0. The Kier molecular flexibility index (Phi) is 8.93. The number of allylic oxidation sites excluding steroid dienone is 1. The van der Waals surface area contributed by atoms with Crippen molar-refractivity contribution in [3.63, 3.8) is 0 Å². The molecule has 1 unspecified atom stereocenters. The van der Waals surface area contributed by atoms with Crippen molar-refractivity contribution in [1.29, 1.82) is 0 Å². The molecule has 1 N–H and O–H groups in total. The fourth-order valence-corrected chi connectivity index (χ4v) is 4.03. The molecule has 1 aliphatic rings. The van der Waals surface area contributed by atoms with Crippen LogP contribution in [0.3, 0.4) is 0 Å². The van der Waals surface area contributed by atoms with E-state index in [-0.39, 0.29) is 29.5 Å². The van der Waals surface area contributed by atoms with Crippen LogP contribution < -0.4 is 5.32 Å². The summed E-state index contributed by atoms with van der Waals surface area (Å²) in [5.41, 5.74) is 3.65. The Morgan fingerprint density at radius 2 is 1.76 bits per heavy atom. The van der Waals surface area contributed by atoms with Crippen LogP contribution in [0.1, 0.15) is 78.0 Å². The molecule has 174 valence electrons. The molecule has 2 aromatic carbocycles. The van der Waals surface area contributed by atoms with Crippen molar-refractivity contribution in [3.05, 3.63) is 76.6 Å². The van der Waals surface area contributed by atoms with E-state index < -0.39 is 0 Å². The van der Waals surface area contributed by atoms with Gasteiger partial charge in [-0.25, -0.2) is 4.39 Å². The number of carbonyl (C=O) groups is 3. The van der Waals surface area contributed by atoms with Gasteiger partial charge < -0.3 is 10.1 Å². The third-order valence-corrected chi connectivity index (χ3v) is 5.90. The number of halogens is 1. The van der Waals surface area contributed by atoms with Crippen LogP contribution in [0.5, 0.6) is 0 Å². The molecule has 0 fully saturated rings. The van der Waals surface area contributed by atoms with Crippen molar-refractivity contribution in [2.24, 2.45) is 0 Å². The lowest BCUT2D eigenvalue weighted by Gasteiger charge is -2.14. The summed E-state index contributed by atoms with van der Waals surface area (Å²) in [5, 5.41) is 3.03. The van der Waals surface area contributed by atoms with E-state index in [0.717, 1.165) is 49.7 Å². The van der Waals surface area contributed by atoms with Gasteiger partial charge in [0.15, 0.2) is 5.78 Å². The first-order chi connectivity index (χ1) is 16.0. The molecule has 1 amide bonds. The minimum atomic E-state index is -0.368. The standard InChI is InChI=1S/C27H30FNO4/c1-33-26(31)7-5-3-2-4-6-23(30)15-8-19-9-16-24-21(18-19)12-17-25(24)29-27(32)20-10-13-22(28)14-11-20/h8-11,13-16,18,25H,2-7,12,17H2,1H3,(H,29,32)/b15-8+. The number of hydrogen-bond acceptors (Lipinski definition) is 4. The fraction of sp³-hybridized carbons (Fsp3) is 0.370. The zero-order valence-corrected chi connectivity index (χ0v) is 18.9. The Balaban J connectivity index is 1.45. The van der Waals surface area contributed by atoms with E-state index in [1.54, 1.807) is 6.08 Å². The van der Waals surface area contributed by atoms with Gasteiger partial charge in [-0.2, -0.15) is 0 Å². The van der Waals surface area contributed by atoms with E-state index in [1.165, 1.54) is 36.9 Å². The van der Waals surface area contributed by atoms with Crippen molar-refractivity contribution < 1.29 is 23.5 Å². The Hall–Kier alpha value is -3.28. The number of carbonyl (C=O) groups excluding carboxylic acids is 3. The summed E-state index contributed by atoms with van der Waals surface area (Å²) in [6.07, 6.45) is 9.48. The van der Waals surface area contributed by atoms with Crippen molar-refractivity contribution in [1.82, 2.24) is 5.32 Å². The number of hydrogen-bond donors (Lipinski definition) is 1. The summed E-state index contributed by atoms with van der Waals surface area (Å²) in [5.74, 6) is -0.682. The minimum absolute atomic E-state index is 0.0728. The van der Waals surface area contributed by atoms with Gasteiger partial charge in [-0.3, -0.25) is 14.4 Å². The van der Waals surface area contributed by atoms with Gasteiger partial charge in [-0.1, -0.05) is 37.1 Å². The number of fused-ring (bicyclic) bond motifs is 1. The molecule has 5 nitrogen and oxygen atoms in total. The highest BCUT2D eigenvalue weighted by molar-refractivity contribution is 5.94. The Bertz CT molecular complexity index is 1010. The van der Waals surface area contributed by atoms with Gasteiger partial charge in [0.05, 0.1) is 13.2 Å². The van der Waals surface area contributed by atoms with E-state index in [0.29, 0.717) is 18.4 Å². The van der Waals surface area contributed by atoms with Gasteiger partial charge in [0.2, 0.25) is 0 Å². The minimum Gasteiger partial charge on any atom is -0.469 e. The fourth-order valence-electron chi connectivity index (χ4n) is 4.03. The third kappa shape index (κ3) is 7.38. The molecule has 2 aromatic rings. The smallest absolute Gasteiger partial charge is 0.305 e. The summed E-state index contributed by atoms with van der Waals surface area (Å²) in [7, 11) is 1.39. The summed E-state index contributed by atoms with van der Waals surface area (Å²) < 4.78 is 17.7. The summed E-state index contributed by atoms with van der Waals surface area (Å²) >= 11 is 0. The topological polar surface area (TPSA) is 72.5 Å². The lowest BCUT2D eigenvalue weighted by molar-refractivity contribution is -0.140. The monoisotopic (exact) mass is 451 g/mol. The Morgan fingerprint density at radius 1 is 1.03 bits per heavy atom. The molecule has 0 aliphatic heterocycles. The molecule has 0 saturated heterocycles. The zero-order chi connectivity index (χ0) is 23.6. The molecule has 33 heavy (non-hydrogen) atoms. The summed E-state index contributed by atoms with van der Waals surface area (Å²) in [6, 6.07) is 11.5. The van der Waals surface area contributed by atoms with Gasteiger partial charge >= 0.3 is 5.97 Å². The first kappa shape index (κ1) is 24.4. The summed E-state index contributed by atoms with van der Waals surface area (Å²) in [6.45, 7) is 0. The maximum absolute atomic E-state index is 13.1. The van der Waals surface area contributed by atoms with Gasteiger partial charge in [-0.05, 0) is 72.7 Å². The molecule has 0 radical (unpaired) electrons. The maximum atomic E-state index is 13.1. The number of nitrogens with one attached hydrogen (secondary N) is 1. The molecule has 1 aliphatic carbocycles. The number of amides is 1. The molecule has 0 aromatic heterocycles. The highest BCUT2D eigenvalue weighted by Crippen LogP contribution is 2.32. The Labute approximate surface area is 194 Å². The molecule has 0 bridgehead atoms. The van der Waals surface area contributed by atoms with E-state index >= 15 is 0 Å². The number of esters is 1. The first-order valence-electron chi connectivity index (χ1n) is 11.4. The van der Waals surface area contributed by atoms with Crippen LogP contribution in [-0.4, -0.2) is 24.8 Å². The van der Waals surface area contributed by atoms with Crippen LogP contribution in [-0.2, 0) is 20.7 Å². The third-order valence-electron chi connectivity index (χ3n) is 5.90. The normalized spacial score (nSPS) is 14.8. The molecule has 0 spiro atoms. The predicted molar refractivity (Wildman–Crippen MR) is 125 cm³/mol. The number of unbranched alkanes of at least 4 members (excludes halogenated alkanes) is 3. The van der Waals surface area contributed by atoms with E-state index in [9.17, 15) is 18.8 Å². The molecule has 1 atom stereocenters. The average Bonchev–Trinajstić information content (AvgIpc) is 3.21. The van der Waals surface area contributed by atoms with E-state index in [1.807, 2.05) is 18.2 Å². The van der Waals surface area contributed by atoms with Gasteiger partial charge in [-0.15, -0.1) is 0 Å². The van der Waals surface area contributed by atoms with Gasteiger partial charge in [0.25, 0.3) is 5.91 Å². The van der Waals surface area contributed by atoms with Gasteiger partial charge in [0.1, 0.15) is 5.82 Å². The zero-order valence-electron chi connectivity index (χ0n) is 18.9. The lowest BCUT2D eigenvalue weighted by Crippen LogP contribution is -2.27. The number of ether oxygens (including phenoxy) is 1. The summed E-state index contributed by atoms with van der Waals surface area (Å²) in [4.78, 5) is 35.6. The number of ketones is 1. The number of rotatable bonds is 11. The molecular formula is C27H30FNO4. The number of benzene rings is 2. The molecule has 0 heterocycles. The van der Waals surface area contributed by atoms with Crippen LogP contribution in [0.2, 0.25) is 0 Å². The first-order valence-corrected chi connectivity index (χ1v) is 11.4. The SMILES string of the molecule is COC(=O)CCCCCCC(=O)/C=C/c1ccc2c(c1)CCC2NC(=O)c1ccc(F)cc1. The Morgan fingerprint density at radius 3 is 2.48 bits per heavy atom. The second-order valence-corrected chi connectivity index (χ2v) is 8.32. The van der Waals surface area contributed by atoms with Crippen LogP contribution in [0.4, 0.5) is 4.39 Å². The second kappa shape index (κ2) is 12.1. The quantitative estimate of drug-likeness (QED) is 0.284. The maximum Gasteiger partial charge on any atom is 0.305 e. The molecular weight excluding hydrogens is 421 g/mol. The highest BCUT2D eigenvalue weighted by atomic mass is 19.1. The van der Waals surface area contributed by atoms with Crippen molar-refractivity contribution in [3.8, 4) is 0 Å². The molecule has 0 saturated carbocycles. The largest absolute Gasteiger partial charge is 0.469 e. The van der Waals surface area contributed by atoms with Crippen molar-refractivity contribution >= 4 is 23.7 Å². The van der Waals surface area contributed by atoms with Crippen LogP contribution in [0.15, 0.2) is 48.5 Å². The average molecular weight is 452 g/mol. The number of aryl methyl sites for hydroxylation is 1. The highest BCUT2D eigenvalue weighted by Gasteiger charge is 2.24. The van der Waals surface area contributed by atoms with Crippen LogP contribution in [0, 0.1) is 5.82 Å². The van der Waals surface area contributed by atoms with E-state index in [2.05, 4.69) is 16.1 Å². The van der Waals surface area contributed by atoms with Gasteiger partial charge in [0, 0.05) is 18.4 Å². The molecule has 3 rings (SSSR count). The van der Waals surface area contributed by atoms with Crippen LogP contribution in [0.25, 0.3) is 6.08 Å². The predicted octanol–water partition coefficient (Wildman–Crippen LogP) is 5.34.